The Hall–Kier alpha value is -1.05. The SMILES string of the molecule is C/C=C\N=C1CCCNC1=C(C)C. The lowest BCUT2D eigenvalue weighted by molar-refractivity contribution is 0.718. The molecule has 1 rings (SSSR count). The maximum atomic E-state index is 4.42. The summed E-state index contributed by atoms with van der Waals surface area (Å²) in [6, 6.07) is 0. The van der Waals surface area contributed by atoms with Gasteiger partial charge in [-0.1, -0.05) is 11.6 Å². The van der Waals surface area contributed by atoms with Gasteiger partial charge in [0.2, 0.25) is 0 Å². The van der Waals surface area contributed by atoms with Crippen molar-refractivity contribution in [3.8, 4) is 0 Å². The zero-order valence-electron chi connectivity index (χ0n) is 8.72. The first kappa shape index (κ1) is 10.0. The molecule has 1 heterocycles. The Kier molecular flexibility index (Phi) is 3.74. The first-order chi connectivity index (χ1) is 6.25. The van der Waals surface area contributed by atoms with Crippen molar-refractivity contribution in [2.45, 2.75) is 33.6 Å². The summed E-state index contributed by atoms with van der Waals surface area (Å²) in [7, 11) is 0. The van der Waals surface area contributed by atoms with Gasteiger partial charge in [-0.2, -0.15) is 0 Å². The summed E-state index contributed by atoms with van der Waals surface area (Å²) < 4.78 is 0. The molecule has 2 nitrogen and oxygen atoms in total. The lowest BCUT2D eigenvalue weighted by Crippen LogP contribution is -2.28. The highest BCUT2D eigenvalue weighted by Gasteiger charge is 2.12. The number of rotatable bonds is 1. The molecule has 0 radical (unpaired) electrons. The second-order valence-corrected chi connectivity index (χ2v) is 3.46. The Balaban J connectivity index is 2.86. The van der Waals surface area contributed by atoms with E-state index in [1.807, 2.05) is 19.2 Å². The zero-order chi connectivity index (χ0) is 9.68. The lowest BCUT2D eigenvalue weighted by atomic mass is 10.0. The normalized spacial score (nSPS) is 20.8. The average molecular weight is 178 g/mol. The number of allylic oxidation sites excluding steroid dienone is 3. The molecule has 1 fully saturated rings. The van der Waals surface area contributed by atoms with Gasteiger partial charge in [0.1, 0.15) is 0 Å². The van der Waals surface area contributed by atoms with Crippen LogP contribution in [0.25, 0.3) is 0 Å². The Bertz CT molecular complexity index is 255. The van der Waals surface area contributed by atoms with Crippen LogP contribution in [0.2, 0.25) is 0 Å². The first-order valence-electron chi connectivity index (χ1n) is 4.85. The number of piperidine rings is 1. The second-order valence-electron chi connectivity index (χ2n) is 3.46. The fraction of sp³-hybridized carbons (Fsp3) is 0.545. The fourth-order valence-electron chi connectivity index (χ4n) is 1.46. The van der Waals surface area contributed by atoms with E-state index in [1.54, 1.807) is 0 Å². The van der Waals surface area contributed by atoms with Crippen LogP contribution >= 0.6 is 0 Å². The molecular formula is C11H18N2. The van der Waals surface area contributed by atoms with Crippen molar-refractivity contribution >= 4 is 5.71 Å². The minimum atomic E-state index is 1.08. The van der Waals surface area contributed by atoms with Gasteiger partial charge in [-0.3, -0.25) is 4.99 Å². The Labute approximate surface area is 80.4 Å². The van der Waals surface area contributed by atoms with Gasteiger partial charge in [0.15, 0.2) is 0 Å². The third-order valence-electron chi connectivity index (χ3n) is 2.06. The highest BCUT2D eigenvalue weighted by molar-refractivity contribution is 6.01. The van der Waals surface area contributed by atoms with E-state index in [1.165, 1.54) is 23.4 Å². The molecule has 0 aromatic carbocycles. The van der Waals surface area contributed by atoms with Crippen molar-refractivity contribution in [3.63, 3.8) is 0 Å². The molecule has 1 aliphatic rings. The molecule has 0 atom stereocenters. The summed E-state index contributed by atoms with van der Waals surface area (Å²) in [6.45, 7) is 7.32. The average Bonchev–Trinajstić information content (AvgIpc) is 2.15. The molecule has 1 N–H and O–H groups in total. The van der Waals surface area contributed by atoms with Crippen molar-refractivity contribution in [3.05, 3.63) is 23.5 Å². The highest BCUT2D eigenvalue weighted by atomic mass is 14.9. The van der Waals surface area contributed by atoms with Crippen molar-refractivity contribution < 1.29 is 0 Å². The molecule has 0 bridgehead atoms. The molecule has 0 amide bonds. The predicted octanol–water partition coefficient (Wildman–Crippen LogP) is 2.64. The topological polar surface area (TPSA) is 24.4 Å². The zero-order valence-corrected chi connectivity index (χ0v) is 8.72. The van der Waals surface area contributed by atoms with Gasteiger partial charge in [0.05, 0.1) is 11.4 Å². The standard InChI is InChI=1S/C11H18N2/c1-4-7-12-10-6-5-8-13-11(10)9(2)3/h4,7,13H,5-6,8H2,1-3H3/b7-4-,12-10?. The summed E-state index contributed by atoms with van der Waals surface area (Å²) in [5.74, 6) is 0. The summed E-state index contributed by atoms with van der Waals surface area (Å²) in [6.07, 6.45) is 6.11. The monoisotopic (exact) mass is 178 g/mol. The van der Waals surface area contributed by atoms with E-state index in [9.17, 15) is 0 Å². The van der Waals surface area contributed by atoms with Gasteiger partial charge >= 0.3 is 0 Å². The summed E-state index contributed by atoms with van der Waals surface area (Å²) in [4.78, 5) is 4.42. The molecule has 0 spiro atoms. The molecule has 1 saturated heterocycles. The van der Waals surface area contributed by atoms with E-state index in [4.69, 9.17) is 0 Å². The van der Waals surface area contributed by atoms with Crippen LogP contribution in [0.5, 0.6) is 0 Å². The Morgan fingerprint density at radius 1 is 1.46 bits per heavy atom. The van der Waals surface area contributed by atoms with Gasteiger partial charge in [-0.05, 0) is 33.6 Å². The Morgan fingerprint density at radius 2 is 2.23 bits per heavy atom. The second kappa shape index (κ2) is 4.85. The molecule has 13 heavy (non-hydrogen) atoms. The minimum absolute atomic E-state index is 1.08. The van der Waals surface area contributed by atoms with Crippen LogP contribution in [-0.2, 0) is 0 Å². The molecule has 0 unspecified atom stereocenters. The van der Waals surface area contributed by atoms with Crippen LogP contribution < -0.4 is 5.32 Å². The van der Waals surface area contributed by atoms with E-state index < -0.39 is 0 Å². The molecule has 2 heteroatoms. The third-order valence-corrected chi connectivity index (χ3v) is 2.06. The van der Waals surface area contributed by atoms with E-state index >= 15 is 0 Å². The van der Waals surface area contributed by atoms with E-state index in [-0.39, 0.29) is 0 Å². The van der Waals surface area contributed by atoms with Crippen molar-refractivity contribution in [1.82, 2.24) is 5.32 Å². The Morgan fingerprint density at radius 3 is 2.85 bits per heavy atom. The van der Waals surface area contributed by atoms with Crippen LogP contribution in [0.4, 0.5) is 0 Å². The first-order valence-corrected chi connectivity index (χ1v) is 4.85. The number of aliphatic imine (C=N–C) groups is 1. The van der Waals surface area contributed by atoms with Gasteiger partial charge in [-0.15, -0.1) is 0 Å². The van der Waals surface area contributed by atoms with Crippen LogP contribution in [-0.4, -0.2) is 12.3 Å². The molecule has 0 saturated carbocycles. The largest absolute Gasteiger partial charge is 0.384 e. The number of hydrogen-bond acceptors (Lipinski definition) is 2. The summed E-state index contributed by atoms with van der Waals surface area (Å²) in [5.41, 5.74) is 3.76. The molecule has 0 aromatic heterocycles. The molecule has 0 aromatic rings. The maximum Gasteiger partial charge on any atom is 0.0634 e. The summed E-state index contributed by atoms with van der Waals surface area (Å²) >= 11 is 0. The van der Waals surface area contributed by atoms with Crippen LogP contribution in [0, 0.1) is 0 Å². The third kappa shape index (κ3) is 2.72. The minimum Gasteiger partial charge on any atom is -0.384 e. The maximum absolute atomic E-state index is 4.42. The van der Waals surface area contributed by atoms with Crippen molar-refractivity contribution in [1.29, 1.82) is 0 Å². The van der Waals surface area contributed by atoms with Crippen molar-refractivity contribution in [2.24, 2.45) is 4.99 Å². The highest BCUT2D eigenvalue weighted by Crippen LogP contribution is 2.12. The van der Waals surface area contributed by atoms with Crippen LogP contribution in [0.15, 0.2) is 28.5 Å². The lowest BCUT2D eigenvalue weighted by Gasteiger charge is -2.20. The van der Waals surface area contributed by atoms with Gasteiger partial charge in [0.25, 0.3) is 0 Å². The van der Waals surface area contributed by atoms with Gasteiger partial charge in [0, 0.05) is 12.7 Å². The van der Waals surface area contributed by atoms with E-state index in [0.29, 0.717) is 0 Å². The molecule has 72 valence electrons. The van der Waals surface area contributed by atoms with Gasteiger partial charge in [-0.25, -0.2) is 0 Å². The van der Waals surface area contributed by atoms with E-state index in [0.717, 1.165) is 13.0 Å². The van der Waals surface area contributed by atoms with Crippen LogP contribution in [0.3, 0.4) is 0 Å². The quantitative estimate of drug-likeness (QED) is 0.656. The van der Waals surface area contributed by atoms with E-state index in [2.05, 4.69) is 24.2 Å². The number of nitrogens with one attached hydrogen (secondary N) is 1. The number of nitrogens with zero attached hydrogens (tertiary/aromatic N) is 1. The van der Waals surface area contributed by atoms with Gasteiger partial charge < -0.3 is 5.32 Å². The predicted molar refractivity (Wildman–Crippen MR) is 57.9 cm³/mol. The summed E-state index contributed by atoms with van der Waals surface area (Å²) in [5, 5.41) is 3.39. The molecule has 0 aliphatic carbocycles. The van der Waals surface area contributed by atoms with Crippen molar-refractivity contribution in [2.75, 3.05) is 6.54 Å². The number of hydrogen-bond donors (Lipinski definition) is 1. The molecule has 1 aliphatic heterocycles. The fourth-order valence-corrected chi connectivity index (χ4v) is 1.46. The van der Waals surface area contributed by atoms with Crippen LogP contribution in [0.1, 0.15) is 33.6 Å². The molecular weight excluding hydrogens is 160 g/mol. The smallest absolute Gasteiger partial charge is 0.0634 e.